The number of ether oxygens (including phenoxy) is 1. The van der Waals surface area contributed by atoms with Gasteiger partial charge in [0.2, 0.25) is 0 Å². The summed E-state index contributed by atoms with van der Waals surface area (Å²) in [5, 5.41) is 3.05. The quantitative estimate of drug-likeness (QED) is 0.885. The third-order valence-electron chi connectivity index (χ3n) is 3.79. The summed E-state index contributed by atoms with van der Waals surface area (Å²) in [6, 6.07) is 8.27. The first kappa shape index (κ1) is 14.9. The Bertz CT molecular complexity index is 454. The molecule has 0 bridgehead atoms. The standard InChI is InChI=1S/C16H24N2O2/c1-11-4-3-5-15(10-11)20-12(2)16(19)18-14-8-6-13(17)7-9-14/h3-5,10,12-14H,6-9,17H2,1-2H3,(H,18,19). The second kappa shape index (κ2) is 6.75. The van der Waals surface area contributed by atoms with Gasteiger partial charge in [-0.25, -0.2) is 0 Å². The highest BCUT2D eigenvalue weighted by Gasteiger charge is 2.23. The molecule has 110 valence electrons. The Morgan fingerprint density at radius 2 is 2.05 bits per heavy atom. The van der Waals surface area contributed by atoms with Crippen LogP contribution in [0.25, 0.3) is 0 Å². The number of nitrogens with two attached hydrogens (primary N) is 1. The lowest BCUT2D eigenvalue weighted by molar-refractivity contribution is -0.128. The second-order valence-electron chi connectivity index (χ2n) is 5.70. The van der Waals surface area contributed by atoms with Crippen LogP contribution in [0.2, 0.25) is 0 Å². The first-order valence-electron chi connectivity index (χ1n) is 7.34. The van der Waals surface area contributed by atoms with Gasteiger partial charge in [0, 0.05) is 12.1 Å². The van der Waals surface area contributed by atoms with Crippen LogP contribution in [0.15, 0.2) is 24.3 Å². The first-order valence-corrected chi connectivity index (χ1v) is 7.34. The van der Waals surface area contributed by atoms with Gasteiger partial charge in [0.1, 0.15) is 5.75 Å². The average Bonchev–Trinajstić information content (AvgIpc) is 2.41. The fraction of sp³-hybridized carbons (Fsp3) is 0.562. The van der Waals surface area contributed by atoms with E-state index in [1.807, 2.05) is 31.2 Å². The van der Waals surface area contributed by atoms with E-state index in [9.17, 15) is 4.79 Å². The fourth-order valence-electron chi connectivity index (χ4n) is 2.53. The largest absolute Gasteiger partial charge is 0.481 e. The molecule has 1 fully saturated rings. The fourth-order valence-corrected chi connectivity index (χ4v) is 2.53. The Balaban J connectivity index is 1.83. The number of rotatable bonds is 4. The summed E-state index contributed by atoms with van der Waals surface area (Å²) >= 11 is 0. The summed E-state index contributed by atoms with van der Waals surface area (Å²) in [6.07, 6.45) is 3.41. The molecular weight excluding hydrogens is 252 g/mol. The highest BCUT2D eigenvalue weighted by molar-refractivity contribution is 5.81. The van der Waals surface area contributed by atoms with Gasteiger partial charge in [-0.15, -0.1) is 0 Å². The predicted octanol–water partition coefficient (Wildman–Crippen LogP) is 2.15. The molecule has 1 amide bonds. The van der Waals surface area contributed by atoms with Crippen LogP contribution in [0.1, 0.15) is 38.2 Å². The number of hydrogen-bond donors (Lipinski definition) is 2. The molecule has 0 aromatic heterocycles. The van der Waals surface area contributed by atoms with Gasteiger partial charge in [-0.3, -0.25) is 4.79 Å². The monoisotopic (exact) mass is 276 g/mol. The molecule has 20 heavy (non-hydrogen) atoms. The lowest BCUT2D eigenvalue weighted by atomic mass is 9.92. The Kier molecular flexibility index (Phi) is 5.01. The van der Waals surface area contributed by atoms with Crippen molar-refractivity contribution in [3.8, 4) is 5.75 Å². The molecule has 1 aliphatic carbocycles. The average molecular weight is 276 g/mol. The number of carbonyl (C=O) groups excluding carboxylic acids is 1. The molecule has 1 saturated carbocycles. The van der Waals surface area contributed by atoms with Crippen LogP contribution in [0.3, 0.4) is 0 Å². The topological polar surface area (TPSA) is 64.3 Å². The Morgan fingerprint density at radius 1 is 1.35 bits per heavy atom. The van der Waals surface area contributed by atoms with Crippen molar-refractivity contribution in [2.75, 3.05) is 0 Å². The van der Waals surface area contributed by atoms with E-state index in [0.29, 0.717) is 6.04 Å². The van der Waals surface area contributed by atoms with Gasteiger partial charge in [0.05, 0.1) is 0 Å². The van der Waals surface area contributed by atoms with E-state index in [2.05, 4.69) is 5.32 Å². The minimum Gasteiger partial charge on any atom is -0.481 e. The van der Waals surface area contributed by atoms with E-state index in [0.717, 1.165) is 37.0 Å². The molecule has 0 heterocycles. The summed E-state index contributed by atoms with van der Waals surface area (Å²) in [5.41, 5.74) is 6.99. The molecule has 3 N–H and O–H groups in total. The first-order chi connectivity index (χ1) is 9.54. The van der Waals surface area contributed by atoms with Crippen molar-refractivity contribution < 1.29 is 9.53 Å². The third kappa shape index (κ3) is 4.23. The van der Waals surface area contributed by atoms with Crippen LogP contribution in [0, 0.1) is 6.92 Å². The number of amides is 1. The maximum absolute atomic E-state index is 12.1. The van der Waals surface area contributed by atoms with Crippen LogP contribution >= 0.6 is 0 Å². The van der Waals surface area contributed by atoms with Crippen molar-refractivity contribution in [2.24, 2.45) is 5.73 Å². The second-order valence-corrected chi connectivity index (χ2v) is 5.70. The number of nitrogens with one attached hydrogen (secondary N) is 1. The van der Waals surface area contributed by atoms with Crippen LogP contribution in [0.5, 0.6) is 5.75 Å². The van der Waals surface area contributed by atoms with Crippen molar-refractivity contribution in [2.45, 2.75) is 57.7 Å². The molecule has 1 aromatic carbocycles. The smallest absolute Gasteiger partial charge is 0.260 e. The van der Waals surface area contributed by atoms with Gasteiger partial charge in [0.15, 0.2) is 6.10 Å². The minimum atomic E-state index is -0.479. The summed E-state index contributed by atoms with van der Waals surface area (Å²) < 4.78 is 5.68. The highest BCUT2D eigenvalue weighted by atomic mass is 16.5. The third-order valence-corrected chi connectivity index (χ3v) is 3.79. The maximum Gasteiger partial charge on any atom is 0.260 e. The highest BCUT2D eigenvalue weighted by Crippen LogP contribution is 2.18. The molecule has 0 spiro atoms. The SMILES string of the molecule is Cc1cccc(OC(C)C(=O)NC2CCC(N)CC2)c1. The van der Waals surface area contributed by atoms with E-state index in [-0.39, 0.29) is 11.9 Å². The lowest BCUT2D eigenvalue weighted by Gasteiger charge is -2.27. The van der Waals surface area contributed by atoms with Crippen LogP contribution in [0.4, 0.5) is 0 Å². The van der Waals surface area contributed by atoms with Gasteiger partial charge in [-0.1, -0.05) is 12.1 Å². The molecule has 2 rings (SSSR count). The van der Waals surface area contributed by atoms with Gasteiger partial charge in [0.25, 0.3) is 5.91 Å². The van der Waals surface area contributed by atoms with Gasteiger partial charge in [-0.2, -0.15) is 0 Å². The molecule has 1 aromatic rings. The summed E-state index contributed by atoms with van der Waals surface area (Å²) in [5.74, 6) is 0.685. The Morgan fingerprint density at radius 3 is 2.70 bits per heavy atom. The lowest BCUT2D eigenvalue weighted by Crippen LogP contribution is -2.45. The van der Waals surface area contributed by atoms with Crippen molar-refractivity contribution in [1.82, 2.24) is 5.32 Å². The van der Waals surface area contributed by atoms with Crippen molar-refractivity contribution in [3.05, 3.63) is 29.8 Å². The maximum atomic E-state index is 12.1. The van der Waals surface area contributed by atoms with Gasteiger partial charge in [-0.05, 0) is 57.2 Å². The molecule has 0 saturated heterocycles. The Labute approximate surface area is 120 Å². The van der Waals surface area contributed by atoms with Crippen LogP contribution in [-0.4, -0.2) is 24.1 Å². The minimum absolute atomic E-state index is 0.0491. The number of aryl methyl sites for hydroxylation is 1. The molecule has 0 aliphatic heterocycles. The molecule has 1 aliphatic rings. The van der Waals surface area contributed by atoms with Crippen LogP contribution < -0.4 is 15.8 Å². The zero-order valence-corrected chi connectivity index (χ0v) is 12.3. The van der Waals surface area contributed by atoms with Gasteiger partial charge >= 0.3 is 0 Å². The number of carbonyl (C=O) groups is 1. The number of benzene rings is 1. The van der Waals surface area contributed by atoms with Crippen molar-refractivity contribution in [3.63, 3.8) is 0 Å². The van der Waals surface area contributed by atoms with E-state index in [1.165, 1.54) is 0 Å². The molecule has 1 unspecified atom stereocenters. The summed E-state index contributed by atoms with van der Waals surface area (Å²) in [4.78, 5) is 12.1. The van der Waals surface area contributed by atoms with Crippen molar-refractivity contribution >= 4 is 5.91 Å². The van der Waals surface area contributed by atoms with E-state index in [1.54, 1.807) is 6.92 Å². The number of hydrogen-bond acceptors (Lipinski definition) is 3. The van der Waals surface area contributed by atoms with Crippen LogP contribution in [-0.2, 0) is 4.79 Å². The zero-order chi connectivity index (χ0) is 14.5. The van der Waals surface area contributed by atoms with E-state index < -0.39 is 6.10 Å². The zero-order valence-electron chi connectivity index (χ0n) is 12.3. The Hall–Kier alpha value is -1.55. The van der Waals surface area contributed by atoms with Crippen molar-refractivity contribution in [1.29, 1.82) is 0 Å². The van der Waals surface area contributed by atoms with E-state index >= 15 is 0 Å². The predicted molar refractivity (Wildman–Crippen MR) is 79.6 cm³/mol. The molecule has 4 nitrogen and oxygen atoms in total. The molecule has 0 radical (unpaired) electrons. The van der Waals surface area contributed by atoms with E-state index in [4.69, 9.17) is 10.5 Å². The molecular formula is C16H24N2O2. The summed E-state index contributed by atoms with van der Waals surface area (Å²) in [6.45, 7) is 3.79. The summed E-state index contributed by atoms with van der Waals surface area (Å²) in [7, 11) is 0. The molecule has 4 heteroatoms. The normalized spacial score (nSPS) is 23.9. The molecule has 1 atom stereocenters. The van der Waals surface area contributed by atoms with Gasteiger partial charge < -0.3 is 15.8 Å².